The second-order valence-corrected chi connectivity index (χ2v) is 5.04. The molecule has 90 valence electrons. The highest BCUT2D eigenvalue weighted by Crippen LogP contribution is 2.10. The SMILES string of the molecule is CCCCN(C)C(C)C(=O)OC(C)(C)C. The largest absolute Gasteiger partial charge is 0.459 e. The molecule has 0 heterocycles. The molecule has 0 aromatic carbocycles. The maximum Gasteiger partial charge on any atom is 0.323 e. The first-order chi connectivity index (χ1) is 6.78. The predicted octanol–water partition coefficient (Wildman–Crippen LogP) is 2.45. The molecule has 0 aliphatic rings. The fourth-order valence-electron chi connectivity index (χ4n) is 1.17. The van der Waals surface area contributed by atoms with Crippen LogP contribution in [-0.4, -0.2) is 36.1 Å². The third kappa shape index (κ3) is 6.50. The van der Waals surface area contributed by atoms with Gasteiger partial charge in [0.2, 0.25) is 0 Å². The van der Waals surface area contributed by atoms with Crippen molar-refractivity contribution in [2.75, 3.05) is 13.6 Å². The maximum absolute atomic E-state index is 11.7. The molecule has 3 nitrogen and oxygen atoms in total. The summed E-state index contributed by atoms with van der Waals surface area (Å²) in [5.41, 5.74) is -0.392. The maximum atomic E-state index is 11.7. The number of carbonyl (C=O) groups is 1. The Labute approximate surface area is 93.8 Å². The molecular formula is C12H25NO2. The second-order valence-electron chi connectivity index (χ2n) is 5.04. The molecule has 1 atom stereocenters. The molecule has 0 N–H and O–H groups in total. The number of hydrogen-bond acceptors (Lipinski definition) is 3. The minimum atomic E-state index is -0.392. The first-order valence-corrected chi connectivity index (χ1v) is 5.71. The van der Waals surface area contributed by atoms with E-state index in [1.165, 1.54) is 0 Å². The summed E-state index contributed by atoms with van der Waals surface area (Å²) in [5.74, 6) is -0.138. The molecular weight excluding hydrogens is 190 g/mol. The molecule has 0 aromatic heterocycles. The molecule has 0 aliphatic heterocycles. The standard InChI is InChI=1S/C12H25NO2/c1-7-8-9-13(6)10(2)11(14)15-12(3,4)5/h10H,7-9H2,1-6H3. The molecule has 1 unspecified atom stereocenters. The summed E-state index contributed by atoms with van der Waals surface area (Å²) in [6.45, 7) is 10.7. The summed E-state index contributed by atoms with van der Waals surface area (Å²) in [5, 5.41) is 0. The molecule has 0 aliphatic carbocycles. The van der Waals surface area contributed by atoms with E-state index in [0.29, 0.717) is 0 Å². The van der Waals surface area contributed by atoms with E-state index in [2.05, 4.69) is 6.92 Å². The highest BCUT2D eigenvalue weighted by atomic mass is 16.6. The average molecular weight is 215 g/mol. The van der Waals surface area contributed by atoms with Crippen LogP contribution in [0.25, 0.3) is 0 Å². The van der Waals surface area contributed by atoms with Crippen LogP contribution in [0.5, 0.6) is 0 Å². The minimum Gasteiger partial charge on any atom is -0.459 e. The number of carbonyl (C=O) groups excluding carboxylic acids is 1. The lowest BCUT2D eigenvalue weighted by molar-refractivity contribution is -0.160. The molecule has 0 rings (SSSR count). The molecule has 0 saturated heterocycles. The Morgan fingerprint density at radius 1 is 1.40 bits per heavy atom. The van der Waals surface area contributed by atoms with Crippen LogP contribution in [0.3, 0.4) is 0 Å². The Bertz CT molecular complexity index is 196. The van der Waals surface area contributed by atoms with E-state index in [1.807, 2.05) is 39.6 Å². The molecule has 15 heavy (non-hydrogen) atoms. The van der Waals surface area contributed by atoms with Gasteiger partial charge in [-0.3, -0.25) is 9.69 Å². The number of likely N-dealkylation sites (N-methyl/N-ethyl adjacent to an activating group) is 1. The van der Waals surface area contributed by atoms with Gasteiger partial charge in [-0.1, -0.05) is 13.3 Å². The van der Waals surface area contributed by atoms with Crippen molar-refractivity contribution < 1.29 is 9.53 Å². The number of nitrogens with zero attached hydrogens (tertiary/aromatic N) is 1. The van der Waals surface area contributed by atoms with E-state index in [1.54, 1.807) is 0 Å². The number of esters is 1. The van der Waals surface area contributed by atoms with Gasteiger partial charge in [-0.15, -0.1) is 0 Å². The van der Waals surface area contributed by atoms with Crippen LogP contribution in [0.15, 0.2) is 0 Å². The second kappa shape index (κ2) is 6.11. The van der Waals surface area contributed by atoms with Crippen LogP contribution in [0.1, 0.15) is 47.5 Å². The van der Waals surface area contributed by atoms with E-state index < -0.39 is 5.60 Å². The summed E-state index contributed by atoms with van der Waals surface area (Å²) in [6.07, 6.45) is 2.26. The van der Waals surface area contributed by atoms with Crippen molar-refractivity contribution >= 4 is 5.97 Å². The summed E-state index contributed by atoms with van der Waals surface area (Å²) < 4.78 is 5.32. The van der Waals surface area contributed by atoms with Gasteiger partial charge in [0.05, 0.1) is 0 Å². The van der Waals surface area contributed by atoms with Gasteiger partial charge < -0.3 is 4.74 Å². The van der Waals surface area contributed by atoms with Crippen LogP contribution >= 0.6 is 0 Å². The number of unbranched alkanes of at least 4 members (excludes halogenated alkanes) is 1. The van der Waals surface area contributed by atoms with Gasteiger partial charge in [0.15, 0.2) is 0 Å². The third-order valence-corrected chi connectivity index (χ3v) is 2.27. The predicted molar refractivity (Wildman–Crippen MR) is 62.8 cm³/mol. The van der Waals surface area contributed by atoms with Crippen molar-refractivity contribution in [3.63, 3.8) is 0 Å². The lowest BCUT2D eigenvalue weighted by atomic mass is 10.2. The summed E-state index contributed by atoms with van der Waals surface area (Å²) in [7, 11) is 1.96. The monoisotopic (exact) mass is 215 g/mol. The quantitative estimate of drug-likeness (QED) is 0.660. The van der Waals surface area contributed by atoms with Gasteiger partial charge in [-0.05, 0) is 47.7 Å². The number of ether oxygens (including phenoxy) is 1. The van der Waals surface area contributed by atoms with Crippen molar-refractivity contribution in [3.8, 4) is 0 Å². The number of hydrogen-bond donors (Lipinski definition) is 0. The van der Waals surface area contributed by atoms with Crippen molar-refractivity contribution in [1.29, 1.82) is 0 Å². The van der Waals surface area contributed by atoms with Gasteiger partial charge in [-0.25, -0.2) is 0 Å². The first-order valence-electron chi connectivity index (χ1n) is 5.71. The van der Waals surface area contributed by atoms with Gasteiger partial charge in [0.25, 0.3) is 0 Å². The molecule has 0 amide bonds. The van der Waals surface area contributed by atoms with Crippen LogP contribution in [0.4, 0.5) is 0 Å². The van der Waals surface area contributed by atoms with Gasteiger partial charge in [-0.2, -0.15) is 0 Å². The fourth-order valence-corrected chi connectivity index (χ4v) is 1.17. The highest BCUT2D eigenvalue weighted by molar-refractivity contribution is 5.75. The number of rotatable bonds is 5. The third-order valence-electron chi connectivity index (χ3n) is 2.27. The molecule has 0 spiro atoms. The average Bonchev–Trinajstić information content (AvgIpc) is 2.10. The van der Waals surface area contributed by atoms with Gasteiger partial charge >= 0.3 is 5.97 Å². The summed E-state index contributed by atoms with van der Waals surface area (Å²) in [4.78, 5) is 13.7. The Morgan fingerprint density at radius 2 is 1.93 bits per heavy atom. The molecule has 0 aromatic rings. The smallest absolute Gasteiger partial charge is 0.323 e. The zero-order valence-electron chi connectivity index (χ0n) is 11.0. The van der Waals surface area contributed by atoms with Crippen LogP contribution < -0.4 is 0 Å². The lowest BCUT2D eigenvalue weighted by Crippen LogP contribution is -2.40. The van der Waals surface area contributed by atoms with Crippen molar-refractivity contribution in [2.24, 2.45) is 0 Å². The Hall–Kier alpha value is -0.570. The molecule has 0 radical (unpaired) electrons. The summed E-state index contributed by atoms with van der Waals surface area (Å²) in [6, 6.07) is -0.157. The topological polar surface area (TPSA) is 29.5 Å². The Kier molecular flexibility index (Phi) is 5.88. The normalized spacial score (nSPS) is 14.1. The van der Waals surface area contributed by atoms with E-state index in [4.69, 9.17) is 4.74 Å². The first kappa shape index (κ1) is 14.4. The van der Waals surface area contributed by atoms with Crippen molar-refractivity contribution in [1.82, 2.24) is 4.90 Å². The van der Waals surface area contributed by atoms with E-state index in [9.17, 15) is 4.79 Å². The van der Waals surface area contributed by atoms with Gasteiger partial charge in [0.1, 0.15) is 11.6 Å². The summed E-state index contributed by atoms with van der Waals surface area (Å²) >= 11 is 0. The Balaban J connectivity index is 4.08. The lowest BCUT2D eigenvalue weighted by Gasteiger charge is -2.27. The Morgan fingerprint density at radius 3 is 2.33 bits per heavy atom. The van der Waals surface area contributed by atoms with Crippen molar-refractivity contribution in [2.45, 2.75) is 59.1 Å². The van der Waals surface area contributed by atoms with Crippen LogP contribution in [0, 0.1) is 0 Å². The molecule has 0 fully saturated rings. The van der Waals surface area contributed by atoms with Crippen LogP contribution in [0.2, 0.25) is 0 Å². The van der Waals surface area contributed by atoms with E-state index in [0.717, 1.165) is 19.4 Å². The zero-order chi connectivity index (χ0) is 12.1. The zero-order valence-corrected chi connectivity index (χ0v) is 11.0. The van der Waals surface area contributed by atoms with Crippen LogP contribution in [-0.2, 0) is 9.53 Å². The van der Waals surface area contributed by atoms with E-state index >= 15 is 0 Å². The molecule has 0 bridgehead atoms. The molecule has 0 saturated carbocycles. The highest BCUT2D eigenvalue weighted by Gasteiger charge is 2.24. The molecule has 3 heteroatoms. The van der Waals surface area contributed by atoms with E-state index in [-0.39, 0.29) is 12.0 Å². The van der Waals surface area contributed by atoms with Gasteiger partial charge in [0, 0.05) is 0 Å². The van der Waals surface area contributed by atoms with Crippen molar-refractivity contribution in [3.05, 3.63) is 0 Å². The minimum absolute atomic E-state index is 0.138. The fraction of sp³-hybridized carbons (Fsp3) is 0.917.